The second kappa shape index (κ2) is 6.68. The molecule has 0 saturated carbocycles. The van der Waals surface area contributed by atoms with Crippen LogP contribution in [0.5, 0.6) is 11.6 Å². The van der Waals surface area contributed by atoms with Crippen LogP contribution < -0.4 is 10.1 Å². The Bertz CT molecular complexity index is 573. The highest BCUT2D eigenvalue weighted by Crippen LogP contribution is 2.25. The lowest BCUT2D eigenvalue weighted by Gasteiger charge is -2.12. The quantitative estimate of drug-likeness (QED) is 0.899. The van der Waals surface area contributed by atoms with Crippen LogP contribution in [0, 0.1) is 5.82 Å². The van der Waals surface area contributed by atoms with Crippen molar-refractivity contribution in [2.45, 2.75) is 26.4 Å². The van der Waals surface area contributed by atoms with E-state index in [0.29, 0.717) is 34.8 Å². The largest absolute Gasteiger partial charge is 0.439 e. The third-order valence-electron chi connectivity index (χ3n) is 2.62. The molecular formula is C15H16ClFN2O. The Labute approximate surface area is 122 Å². The molecule has 20 heavy (non-hydrogen) atoms. The molecule has 0 spiro atoms. The summed E-state index contributed by atoms with van der Waals surface area (Å²) in [6.45, 7) is 4.53. The Hall–Kier alpha value is -1.65. The predicted molar refractivity (Wildman–Crippen MR) is 77.7 cm³/mol. The summed E-state index contributed by atoms with van der Waals surface area (Å²) in [6, 6.07) is 8.66. The number of benzene rings is 1. The molecule has 0 atom stereocenters. The molecule has 0 amide bonds. The fourth-order valence-corrected chi connectivity index (χ4v) is 1.74. The van der Waals surface area contributed by atoms with E-state index in [1.807, 2.05) is 13.8 Å². The minimum Gasteiger partial charge on any atom is -0.439 e. The summed E-state index contributed by atoms with van der Waals surface area (Å²) in [6.07, 6.45) is 1.14. The van der Waals surface area contributed by atoms with Gasteiger partial charge < -0.3 is 10.1 Å². The number of hydrogen-bond acceptors (Lipinski definition) is 3. The van der Waals surface area contributed by atoms with Crippen molar-refractivity contribution in [2.24, 2.45) is 0 Å². The highest BCUT2D eigenvalue weighted by atomic mass is 35.5. The van der Waals surface area contributed by atoms with Crippen LogP contribution in [0.25, 0.3) is 0 Å². The van der Waals surface area contributed by atoms with Gasteiger partial charge in [0.15, 0.2) is 0 Å². The Balaban J connectivity index is 2.19. The smallest absolute Gasteiger partial charge is 0.223 e. The lowest BCUT2D eigenvalue weighted by Crippen LogP contribution is -2.22. The molecule has 106 valence electrons. The predicted octanol–water partition coefficient (Wildman–Crippen LogP) is 4.16. The molecular weight excluding hydrogens is 279 g/mol. The van der Waals surface area contributed by atoms with Crippen molar-refractivity contribution in [3.05, 3.63) is 52.9 Å². The van der Waals surface area contributed by atoms with Crippen LogP contribution in [0.1, 0.15) is 19.4 Å². The van der Waals surface area contributed by atoms with Crippen molar-refractivity contribution in [3.8, 4) is 11.6 Å². The van der Waals surface area contributed by atoms with E-state index in [0.717, 1.165) is 6.20 Å². The zero-order valence-corrected chi connectivity index (χ0v) is 12.1. The molecule has 0 aliphatic rings. The van der Waals surface area contributed by atoms with E-state index in [1.54, 1.807) is 24.3 Å². The average molecular weight is 295 g/mol. The summed E-state index contributed by atoms with van der Waals surface area (Å²) in [5, 5.41) is 3.85. The van der Waals surface area contributed by atoms with Crippen molar-refractivity contribution in [2.75, 3.05) is 0 Å². The Morgan fingerprint density at radius 1 is 1.30 bits per heavy atom. The normalized spacial score (nSPS) is 10.8. The molecule has 2 aromatic rings. The van der Waals surface area contributed by atoms with Crippen LogP contribution >= 0.6 is 11.6 Å². The molecule has 0 aliphatic heterocycles. The number of pyridine rings is 1. The van der Waals surface area contributed by atoms with Gasteiger partial charge in [-0.2, -0.15) is 0 Å². The Morgan fingerprint density at radius 3 is 2.65 bits per heavy atom. The zero-order valence-electron chi connectivity index (χ0n) is 11.4. The van der Waals surface area contributed by atoms with E-state index in [4.69, 9.17) is 16.3 Å². The standard InChI is InChI=1S/C15H16ClFN2O/c1-10(2)18-8-11-7-13(17)9-19-15(11)20-14-5-3-12(16)4-6-14/h3-7,9-10,18H,8H2,1-2H3. The molecule has 0 bridgehead atoms. The highest BCUT2D eigenvalue weighted by molar-refractivity contribution is 6.30. The van der Waals surface area contributed by atoms with Gasteiger partial charge in [-0.3, -0.25) is 0 Å². The number of ether oxygens (including phenoxy) is 1. The van der Waals surface area contributed by atoms with Gasteiger partial charge in [0.2, 0.25) is 5.88 Å². The summed E-state index contributed by atoms with van der Waals surface area (Å²) >= 11 is 5.82. The van der Waals surface area contributed by atoms with E-state index in [2.05, 4.69) is 10.3 Å². The number of nitrogens with one attached hydrogen (secondary N) is 1. The molecule has 5 heteroatoms. The van der Waals surface area contributed by atoms with Crippen LogP contribution in [0.15, 0.2) is 36.5 Å². The third-order valence-corrected chi connectivity index (χ3v) is 2.87. The second-order valence-corrected chi connectivity index (χ2v) is 5.15. The molecule has 2 rings (SSSR count). The lowest BCUT2D eigenvalue weighted by atomic mass is 10.2. The van der Waals surface area contributed by atoms with Crippen LogP contribution in [0.4, 0.5) is 4.39 Å². The van der Waals surface area contributed by atoms with Gasteiger partial charge in [0.25, 0.3) is 0 Å². The fraction of sp³-hybridized carbons (Fsp3) is 0.267. The fourth-order valence-electron chi connectivity index (χ4n) is 1.62. The topological polar surface area (TPSA) is 34.2 Å². The SMILES string of the molecule is CC(C)NCc1cc(F)cnc1Oc1ccc(Cl)cc1. The minimum absolute atomic E-state index is 0.293. The van der Waals surface area contributed by atoms with Crippen molar-refractivity contribution in [1.82, 2.24) is 10.3 Å². The van der Waals surface area contributed by atoms with Crippen molar-refractivity contribution in [1.29, 1.82) is 0 Å². The van der Waals surface area contributed by atoms with Crippen molar-refractivity contribution >= 4 is 11.6 Å². The van der Waals surface area contributed by atoms with Crippen LogP contribution in [-0.4, -0.2) is 11.0 Å². The molecule has 1 aromatic heterocycles. The molecule has 0 saturated heterocycles. The highest BCUT2D eigenvalue weighted by Gasteiger charge is 2.09. The van der Waals surface area contributed by atoms with Gasteiger partial charge in [0, 0.05) is 23.2 Å². The van der Waals surface area contributed by atoms with E-state index in [1.165, 1.54) is 6.07 Å². The molecule has 1 N–H and O–H groups in total. The monoisotopic (exact) mass is 294 g/mol. The third kappa shape index (κ3) is 4.18. The summed E-state index contributed by atoms with van der Waals surface area (Å²) in [4.78, 5) is 4.00. The van der Waals surface area contributed by atoms with E-state index < -0.39 is 0 Å². The summed E-state index contributed by atoms with van der Waals surface area (Å²) in [7, 11) is 0. The maximum Gasteiger partial charge on any atom is 0.223 e. The molecule has 1 heterocycles. The number of rotatable bonds is 5. The van der Waals surface area contributed by atoms with Crippen LogP contribution in [0.2, 0.25) is 5.02 Å². The molecule has 0 aliphatic carbocycles. The number of hydrogen-bond donors (Lipinski definition) is 1. The van der Waals surface area contributed by atoms with E-state index >= 15 is 0 Å². The first kappa shape index (κ1) is 14.8. The van der Waals surface area contributed by atoms with Gasteiger partial charge in [0.1, 0.15) is 11.6 Å². The number of aromatic nitrogens is 1. The maximum absolute atomic E-state index is 13.3. The first-order valence-electron chi connectivity index (χ1n) is 6.36. The summed E-state index contributed by atoms with van der Waals surface area (Å²) < 4.78 is 19.0. The van der Waals surface area contributed by atoms with Gasteiger partial charge in [-0.25, -0.2) is 9.37 Å². The average Bonchev–Trinajstić information content (AvgIpc) is 2.41. The Kier molecular flexibility index (Phi) is 4.93. The summed E-state index contributed by atoms with van der Waals surface area (Å²) in [5.41, 5.74) is 0.675. The van der Waals surface area contributed by atoms with Gasteiger partial charge in [-0.15, -0.1) is 0 Å². The van der Waals surface area contributed by atoms with Gasteiger partial charge in [-0.1, -0.05) is 25.4 Å². The van der Waals surface area contributed by atoms with E-state index in [9.17, 15) is 4.39 Å². The zero-order chi connectivity index (χ0) is 14.5. The lowest BCUT2D eigenvalue weighted by molar-refractivity contribution is 0.445. The molecule has 1 aromatic carbocycles. The first-order valence-corrected chi connectivity index (χ1v) is 6.73. The minimum atomic E-state index is -0.381. The van der Waals surface area contributed by atoms with Gasteiger partial charge >= 0.3 is 0 Å². The molecule has 3 nitrogen and oxygen atoms in total. The van der Waals surface area contributed by atoms with Crippen molar-refractivity contribution < 1.29 is 9.13 Å². The second-order valence-electron chi connectivity index (χ2n) is 4.71. The van der Waals surface area contributed by atoms with Gasteiger partial charge in [0.05, 0.1) is 6.20 Å². The molecule has 0 fully saturated rings. The Morgan fingerprint density at radius 2 is 2.00 bits per heavy atom. The molecule has 0 radical (unpaired) electrons. The number of nitrogens with zero attached hydrogens (tertiary/aromatic N) is 1. The summed E-state index contributed by atoms with van der Waals surface area (Å²) in [5.74, 6) is 0.621. The maximum atomic E-state index is 13.3. The number of halogens is 2. The van der Waals surface area contributed by atoms with Gasteiger partial charge in [-0.05, 0) is 30.3 Å². The first-order chi connectivity index (χ1) is 9.54. The molecule has 0 unspecified atom stereocenters. The van der Waals surface area contributed by atoms with Crippen LogP contribution in [0.3, 0.4) is 0 Å². The van der Waals surface area contributed by atoms with Crippen LogP contribution in [-0.2, 0) is 6.54 Å². The van der Waals surface area contributed by atoms with Crippen molar-refractivity contribution in [3.63, 3.8) is 0 Å². The van der Waals surface area contributed by atoms with E-state index in [-0.39, 0.29) is 5.82 Å².